The van der Waals surface area contributed by atoms with Gasteiger partial charge in [-0.3, -0.25) is 4.79 Å². The maximum absolute atomic E-state index is 12.7. The summed E-state index contributed by atoms with van der Waals surface area (Å²) >= 11 is 0. The number of benzene rings is 1. The lowest BCUT2D eigenvalue weighted by Gasteiger charge is -2.27. The second-order valence-electron chi connectivity index (χ2n) is 5.32. The number of nitrogens with zero attached hydrogens (tertiary/aromatic N) is 4. The zero-order chi connectivity index (χ0) is 15.9. The second-order valence-corrected chi connectivity index (χ2v) is 5.32. The van der Waals surface area contributed by atoms with Crippen molar-refractivity contribution in [1.29, 1.82) is 0 Å². The molecule has 1 aromatic carbocycles. The number of aliphatic hydroxyl groups excluding tert-OH is 1. The van der Waals surface area contributed by atoms with E-state index < -0.39 is 12.1 Å². The Morgan fingerprint density at radius 1 is 1.36 bits per heavy atom. The minimum Gasteiger partial charge on any atom is -0.391 e. The molecular formula is C16H22N4O2. The summed E-state index contributed by atoms with van der Waals surface area (Å²) in [5.74, 6) is -0.0816. The summed E-state index contributed by atoms with van der Waals surface area (Å²) < 4.78 is 1.53. The number of rotatable bonds is 7. The molecule has 1 amide bonds. The van der Waals surface area contributed by atoms with Crippen LogP contribution < -0.4 is 0 Å². The number of hydrogen-bond donors (Lipinski definition) is 1. The van der Waals surface area contributed by atoms with Crippen molar-refractivity contribution in [3.8, 4) is 0 Å². The highest BCUT2D eigenvalue weighted by molar-refractivity contribution is 5.80. The fourth-order valence-corrected chi connectivity index (χ4v) is 2.21. The van der Waals surface area contributed by atoms with Gasteiger partial charge in [-0.1, -0.05) is 37.3 Å². The molecule has 0 aliphatic heterocycles. The van der Waals surface area contributed by atoms with Crippen LogP contribution in [0.5, 0.6) is 0 Å². The summed E-state index contributed by atoms with van der Waals surface area (Å²) in [5.41, 5.74) is 1.03. The van der Waals surface area contributed by atoms with E-state index >= 15 is 0 Å². The first-order valence-corrected chi connectivity index (χ1v) is 7.46. The second kappa shape index (κ2) is 7.70. The third-order valence-corrected chi connectivity index (χ3v) is 3.62. The van der Waals surface area contributed by atoms with Crippen molar-refractivity contribution in [1.82, 2.24) is 19.7 Å². The molecule has 0 spiro atoms. The third-order valence-electron chi connectivity index (χ3n) is 3.62. The van der Waals surface area contributed by atoms with Crippen molar-refractivity contribution in [2.75, 3.05) is 6.54 Å². The molecule has 2 aromatic rings. The summed E-state index contributed by atoms with van der Waals surface area (Å²) in [6.45, 7) is 4.46. The Morgan fingerprint density at radius 3 is 2.68 bits per heavy atom. The number of aromatic nitrogens is 3. The van der Waals surface area contributed by atoms with Gasteiger partial charge in [-0.05, 0) is 18.9 Å². The van der Waals surface area contributed by atoms with Gasteiger partial charge in [-0.25, -0.2) is 9.67 Å². The van der Waals surface area contributed by atoms with Crippen LogP contribution in [0.25, 0.3) is 0 Å². The van der Waals surface area contributed by atoms with Crippen molar-refractivity contribution in [2.24, 2.45) is 0 Å². The molecule has 2 unspecified atom stereocenters. The first kappa shape index (κ1) is 16.2. The molecular weight excluding hydrogens is 280 g/mol. The van der Waals surface area contributed by atoms with Gasteiger partial charge in [0.05, 0.1) is 6.10 Å². The summed E-state index contributed by atoms with van der Waals surface area (Å²) in [5, 5.41) is 14.0. The molecule has 0 aliphatic carbocycles. The van der Waals surface area contributed by atoms with Crippen molar-refractivity contribution >= 4 is 5.91 Å². The highest BCUT2D eigenvalue weighted by Gasteiger charge is 2.24. The Morgan fingerprint density at radius 2 is 2.09 bits per heavy atom. The molecule has 0 fully saturated rings. The fraction of sp³-hybridized carbons (Fsp3) is 0.438. The number of hydrogen-bond acceptors (Lipinski definition) is 4. The SMILES string of the molecule is CCC(O)CN(Cc1ccccc1)C(=O)C(C)n1cncn1. The highest BCUT2D eigenvalue weighted by atomic mass is 16.3. The van der Waals surface area contributed by atoms with E-state index in [9.17, 15) is 9.90 Å². The van der Waals surface area contributed by atoms with E-state index in [-0.39, 0.29) is 5.91 Å². The fourth-order valence-electron chi connectivity index (χ4n) is 2.21. The van der Waals surface area contributed by atoms with E-state index in [1.54, 1.807) is 11.8 Å². The zero-order valence-corrected chi connectivity index (χ0v) is 13.0. The molecule has 6 nitrogen and oxygen atoms in total. The Hall–Kier alpha value is -2.21. The molecule has 0 saturated carbocycles. The smallest absolute Gasteiger partial charge is 0.247 e. The van der Waals surface area contributed by atoms with Gasteiger partial charge in [0.2, 0.25) is 5.91 Å². The summed E-state index contributed by atoms with van der Waals surface area (Å²) in [7, 11) is 0. The van der Waals surface area contributed by atoms with Crippen molar-refractivity contribution in [3.63, 3.8) is 0 Å². The Bertz CT molecular complexity index is 571. The van der Waals surface area contributed by atoms with Crippen LogP contribution in [0.15, 0.2) is 43.0 Å². The van der Waals surface area contributed by atoms with E-state index in [4.69, 9.17) is 0 Å². The molecule has 22 heavy (non-hydrogen) atoms. The lowest BCUT2D eigenvalue weighted by molar-refractivity contribution is -0.136. The van der Waals surface area contributed by atoms with Gasteiger partial charge < -0.3 is 10.0 Å². The molecule has 0 radical (unpaired) electrons. The van der Waals surface area contributed by atoms with Crippen LogP contribution in [0.2, 0.25) is 0 Å². The third kappa shape index (κ3) is 4.14. The molecule has 1 heterocycles. The van der Waals surface area contributed by atoms with E-state index in [2.05, 4.69) is 10.1 Å². The average molecular weight is 302 g/mol. The van der Waals surface area contributed by atoms with Crippen LogP contribution in [0.3, 0.4) is 0 Å². The van der Waals surface area contributed by atoms with Crippen molar-refractivity contribution < 1.29 is 9.90 Å². The quantitative estimate of drug-likeness (QED) is 0.844. The van der Waals surface area contributed by atoms with Crippen LogP contribution in [0, 0.1) is 0 Å². The zero-order valence-electron chi connectivity index (χ0n) is 13.0. The largest absolute Gasteiger partial charge is 0.391 e. The molecule has 2 atom stereocenters. The molecule has 1 N–H and O–H groups in total. The van der Waals surface area contributed by atoms with Gasteiger partial charge >= 0.3 is 0 Å². The average Bonchev–Trinajstić information content (AvgIpc) is 3.08. The standard InChI is InChI=1S/C16H22N4O2/c1-3-15(21)10-19(9-14-7-5-4-6-8-14)16(22)13(2)20-12-17-11-18-20/h4-8,11-13,15,21H,3,9-10H2,1-2H3. The number of carbonyl (C=O) groups excluding carboxylic acids is 1. The van der Waals surface area contributed by atoms with Crippen LogP contribution in [0.1, 0.15) is 31.9 Å². The Labute approximate surface area is 130 Å². The molecule has 0 bridgehead atoms. The van der Waals surface area contributed by atoms with E-state index in [1.165, 1.54) is 17.3 Å². The Kier molecular flexibility index (Phi) is 5.66. The number of amides is 1. The van der Waals surface area contributed by atoms with E-state index in [0.717, 1.165) is 5.56 Å². The predicted molar refractivity (Wildman–Crippen MR) is 82.9 cm³/mol. The van der Waals surface area contributed by atoms with Crippen molar-refractivity contribution in [2.45, 2.75) is 39.0 Å². The predicted octanol–water partition coefficient (Wildman–Crippen LogP) is 1.64. The number of aliphatic hydroxyl groups is 1. The lowest BCUT2D eigenvalue weighted by Crippen LogP contribution is -2.40. The maximum Gasteiger partial charge on any atom is 0.247 e. The van der Waals surface area contributed by atoms with Gasteiger partial charge in [0, 0.05) is 13.1 Å². The monoisotopic (exact) mass is 302 g/mol. The van der Waals surface area contributed by atoms with Gasteiger partial charge in [-0.2, -0.15) is 5.10 Å². The van der Waals surface area contributed by atoms with Gasteiger partial charge in [0.25, 0.3) is 0 Å². The molecule has 0 aliphatic rings. The summed E-state index contributed by atoms with van der Waals surface area (Å²) in [6.07, 6.45) is 3.01. The first-order valence-electron chi connectivity index (χ1n) is 7.46. The van der Waals surface area contributed by atoms with E-state index in [1.807, 2.05) is 37.3 Å². The minimum atomic E-state index is -0.532. The van der Waals surface area contributed by atoms with Crippen LogP contribution in [0.4, 0.5) is 0 Å². The number of carbonyl (C=O) groups is 1. The first-order chi connectivity index (χ1) is 10.6. The minimum absolute atomic E-state index is 0.0816. The maximum atomic E-state index is 12.7. The highest BCUT2D eigenvalue weighted by Crippen LogP contribution is 2.13. The molecule has 6 heteroatoms. The topological polar surface area (TPSA) is 71.2 Å². The Balaban J connectivity index is 2.14. The van der Waals surface area contributed by atoms with Gasteiger partial charge in [-0.15, -0.1) is 0 Å². The van der Waals surface area contributed by atoms with Crippen LogP contribution >= 0.6 is 0 Å². The van der Waals surface area contributed by atoms with E-state index in [0.29, 0.717) is 19.5 Å². The molecule has 2 rings (SSSR count). The van der Waals surface area contributed by atoms with Crippen LogP contribution in [-0.4, -0.2) is 43.3 Å². The van der Waals surface area contributed by atoms with Crippen molar-refractivity contribution in [3.05, 3.63) is 48.5 Å². The summed E-state index contributed by atoms with van der Waals surface area (Å²) in [4.78, 5) is 18.3. The van der Waals surface area contributed by atoms with Crippen LogP contribution in [-0.2, 0) is 11.3 Å². The van der Waals surface area contributed by atoms with Gasteiger partial charge in [0.1, 0.15) is 18.7 Å². The molecule has 1 aromatic heterocycles. The normalized spacial score (nSPS) is 13.6. The molecule has 0 saturated heterocycles. The molecule has 118 valence electrons. The summed E-state index contributed by atoms with van der Waals surface area (Å²) in [6, 6.07) is 9.31. The lowest BCUT2D eigenvalue weighted by atomic mass is 10.1. The van der Waals surface area contributed by atoms with Gasteiger partial charge in [0.15, 0.2) is 0 Å².